The van der Waals surface area contributed by atoms with Crippen LogP contribution in [0.1, 0.15) is 12.2 Å². The average molecular weight is 291 g/mol. The van der Waals surface area contributed by atoms with E-state index in [0.29, 0.717) is 25.3 Å². The number of anilines is 1. The number of methoxy groups -OCH3 is 1. The Labute approximate surface area is 121 Å². The molecule has 0 aromatic carbocycles. The number of carbonyl (C=O) groups is 1. The van der Waals surface area contributed by atoms with Gasteiger partial charge in [-0.15, -0.1) is 10.2 Å². The van der Waals surface area contributed by atoms with Crippen molar-refractivity contribution in [2.24, 2.45) is 0 Å². The molecule has 8 heteroatoms. The number of hydrogen-bond donors (Lipinski definition) is 0. The van der Waals surface area contributed by atoms with Gasteiger partial charge in [-0.3, -0.25) is 9.20 Å². The lowest BCUT2D eigenvalue weighted by atomic mass is 10.2. The lowest BCUT2D eigenvalue weighted by Crippen LogP contribution is -2.44. The zero-order valence-electron chi connectivity index (χ0n) is 12.0. The summed E-state index contributed by atoms with van der Waals surface area (Å²) in [6.07, 6.45) is 3.60. The average Bonchev–Trinajstić information content (AvgIpc) is 2.89. The number of rotatable bonds is 3. The minimum atomic E-state index is -0.272. The molecular formula is C13H17N5O3. The fraction of sp³-hybridized carbons (Fsp3) is 0.538. The highest BCUT2D eigenvalue weighted by Gasteiger charge is 2.26. The maximum Gasteiger partial charge on any atom is 0.308 e. The molecule has 0 N–H and O–H groups in total. The van der Waals surface area contributed by atoms with Crippen molar-refractivity contribution < 1.29 is 14.3 Å². The van der Waals surface area contributed by atoms with Gasteiger partial charge in [-0.1, -0.05) is 0 Å². The van der Waals surface area contributed by atoms with Gasteiger partial charge in [0.25, 0.3) is 0 Å². The van der Waals surface area contributed by atoms with Crippen molar-refractivity contribution in [2.75, 3.05) is 31.7 Å². The first-order valence-corrected chi connectivity index (χ1v) is 6.78. The van der Waals surface area contributed by atoms with Crippen LogP contribution in [0.4, 0.5) is 5.82 Å². The van der Waals surface area contributed by atoms with E-state index in [1.807, 2.05) is 17.5 Å². The number of esters is 1. The molecule has 0 bridgehead atoms. The molecule has 1 aliphatic rings. The van der Waals surface area contributed by atoms with Crippen LogP contribution in [0.15, 0.2) is 12.4 Å². The summed E-state index contributed by atoms with van der Waals surface area (Å²) in [4.78, 5) is 17.9. The molecule has 1 saturated heterocycles. The van der Waals surface area contributed by atoms with Crippen molar-refractivity contribution in [1.29, 1.82) is 0 Å². The molecule has 2 aromatic heterocycles. The van der Waals surface area contributed by atoms with Crippen molar-refractivity contribution >= 4 is 17.4 Å². The third-order valence-electron chi connectivity index (χ3n) is 3.54. The molecule has 8 nitrogen and oxygen atoms in total. The number of morpholine rings is 1. The zero-order chi connectivity index (χ0) is 14.8. The SMILES string of the molecule is COC(=O)CC1CN(c2nccn3c(C)nnc23)CCO1. The topological polar surface area (TPSA) is 81.9 Å². The van der Waals surface area contributed by atoms with Crippen LogP contribution >= 0.6 is 0 Å². The van der Waals surface area contributed by atoms with Crippen molar-refractivity contribution in [3.05, 3.63) is 18.2 Å². The fourth-order valence-electron chi connectivity index (χ4n) is 2.46. The lowest BCUT2D eigenvalue weighted by molar-refractivity contribution is -0.144. The fourth-order valence-corrected chi connectivity index (χ4v) is 2.46. The minimum absolute atomic E-state index is 0.197. The molecule has 0 radical (unpaired) electrons. The highest BCUT2D eigenvalue weighted by molar-refractivity contribution is 5.70. The van der Waals surface area contributed by atoms with Crippen molar-refractivity contribution in [1.82, 2.24) is 19.6 Å². The molecule has 3 rings (SSSR count). The summed E-state index contributed by atoms with van der Waals surface area (Å²) in [7, 11) is 1.38. The number of aromatic nitrogens is 4. The largest absolute Gasteiger partial charge is 0.469 e. The first-order chi connectivity index (χ1) is 10.2. The standard InChI is InChI=1S/C13H17N5O3/c1-9-15-16-13-12(14-3-4-18(9)13)17-5-6-21-10(8-17)7-11(19)20-2/h3-4,10H,5-8H2,1-2H3. The van der Waals surface area contributed by atoms with E-state index in [-0.39, 0.29) is 18.5 Å². The Hall–Kier alpha value is -2.22. The van der Waals surface area contributed by atoms with Crippen LogP contribution in [0.3, 0.4) is 0 Å². The Morgan fingerprint density at radius 2 is 2.38 bits per heavy atom. The second kappa shape index (κ2) is 5.65. The predicted molar refractivity (Wildman–Crippen MR) is 74.1 cm³/mol. The van der Waals surface area contributed by atoms with E-state index in [2.05, 4.69) is 24.8 Å². The molecule has 1 atom stereocenters. The summed E-state index contributed by atoms with van der Waals surface area (Å²) in [5, 5.41) is 8.24. The molecule has 3 heterocycles. The summed E-state index contributed by atoms with van der Waals surface area (Å²) in [6.45, 7) is 3.71. The van der Waals surface area contributed by atoms with Crippen molar-refractivity contribution in [2.45, 2.75) is 19.4 Å². The summed E-state index contributed by atoms with van der Waals surface area (Å²) in [5.74, 6) is 1.30. The van der Waals surface area contributed by atoms with Gasteiger partial charge in [0.15, 0.2) is 5.82 Å². The molecule has 2 aromatic rings. The van der Waals surface area contributed by atoms with Gasteiger partial charge >= 0.3 is 5.97 Å². The first-order valence-electron chi connectivity index (χ1n) is 6.78. The molecule has 1 unspecified atom stereocenters. The molecule has 0 aliphatic carbocycles. The maximum absolute atomic E-state index is 11.4. The molecule has 1 aliphatic heterocycles. The van der Waals surface area contributed by atoms with Crippen LogP contribution in [0.25, 0.3) is 5.65 Å². The maximum atomic E-state index is 11.4. The van der Waals surface area contributed by atoms with E-state index in [1.165, 1.54) is 7.11 Å². The van der Waals surface area contributed by atoms with Gasteiger partial charge in [0.2, 0.25) is 5.65 Å². The Morgan fingerprint density at radius 1 is 1.52 bits per heavy atom. The van der Waals surface area contributed by atoms with Gasteiger partial charge in [-0.05, 0) is 6.92 Å². The number of ether oxygens (including phenoxy) is 2. The number of carbonyl (C=O) groups excluding carboxylic acids is 1. The van der Waals surface area contributed by atoms with Gasteiger partial charge in [-0.2, -0.15) is 0 Å². The number of fused-ring (bicyclic) bond motifs is 1. The second-order valence-electron chi connectivity index (χ2n) is 4.91. The van der Waals surface area contributed by atoms with Gasteiger partial charge in [0.05, 0.1) is 26.2 Å². The molecular weight excluding hydrogens is 274 g/mol. The summed E-state index contributed by atoms with van der Waals surface area (Å²) in [6, 6.07) is 0. The number of hydrogen-bond acceptors (Lipinski definition) is 7. The zero-order valence-corrected chi connectivity index (χ0v) is 12.0. The Balaban J connectivity index is 1.83. The second-order valence-corrected chi connectivity index (χ2v) is 4.91. The van der Waals surface area contributed by atoms with E-state index >= 15 is 0 Å². The Kier molecular flexibility index (Phi) is 3.70. The first kappa shape index (κ1) is 13.7. The van der Waals surface area contributed by atoms with Crippen LogP contribution in [-0.4, -0.2) is 58.5 Å². The lowest BCUT2D eigenvalue weighted by Gasteiger charge is -2.33. The van der Waals surface area contributed by atoms with E-state index in [0.717, 1.165) is 11.6 Å². The van der Waals surface area contributed by atoms with Crippen LogP contribution < -0.4 is 4.90 Å². The molecule has 21 heavy (non-hydrogen) atoms. The van der Waals surface area contributed by atoms with Crippen LogP contribution in [0.2, 0.25) is 0 Å². The number of aryl methyl sites for hydroxylation is 1. The Bertz CT molecular complexity index is 656. The quantitative estimate of drug-likeness (QED) is 0.747. The van der Waals surface area contributed by atoms with Gasteiger partial charge in [0.1, 0.15) is 5.82 Å². The summed E-state index contributed by atoms with van der Waals surface area (Å²) < 4.78 is 12.2. The monoisotopic (exact) mass is 291 g/mol. The van der Waals surface area contributed by atoms with Gasteiger partial charge in [-0.25, -0.2) is 4.98 Å². The predicted octanol–water partition coefficient (Wildman–Crippen LogP) is 0.201. The normalized spacial score (nSPS) is 19.0. The summed E-state index contributed by atoms with van der Waals surface area (Å²) in [5.41, 5.74) is 0.716. The van der Waals surface area contributed by atoms with Crippen molar-refractivity contribution in [3.63, 3.8) is 0 Å². The third kappa shape index (κ3) is 2.66. The molecule has 0 amide bonds. The van der Waals surface area contributed by atoms with E-state index < -0.39 is 0 Å². The smallest absolute Gasteiger partial charge is 0.308 e. The molecule has 0 saturated carbocycles. The highest BCUT2D eigenvalue weighted by atomic mass is 16.5. The van der Waals surface area contributed by atoms with Gasteiger partial charge in [0, 0.05) is 25.5 Å². The van der Waals surface area contributed by atoms with E-state index in [9.17, 15) is 4.79 Å². The van der Waals surface area contributed by atoms with E-state index in [1.54, 1.807) is 6.20 Å². The van der Waals surface area contributed by atoms with Crippen LogP contribution in [-0.2, 0) is 14.3 Å². The Morgan fingerprint density at radius 3 is 3.19 bits per heavy atom. The molecule has 1 fully saturated rings. The van der Waals surface area contributed by atoms with E-state index in [4.69, 9.17) is 4.74 Å². The molecule has 112 valence electrons. The number of nitrogens with zero attached hydrogens (tertiary/aromatic N) is 5. The van der Waals surface area contributed by atoms with Gasteiger partial charge < -0.3 is 14.4 Å². The third-order valence-corrected chi connectivity index (χ3v) is 3.54. The summed E-state index contributed by atoms with van der Waals surface area (Å²) >= 11 is 0. The van der Waals surface area contributed by atoms with Crippen molar-refractivity contribution in [3.8, 4) is 0 Å². The van der Waals surface area contributed by atoms with Crippen LogP contribution in [0.5, 0.6) is 0 Å². The minimum Gasteiger partial charge on any atom is -0.469 e. The molecule has 0 spiro atoms. The van der Waals surface area contributed by atoms with Crippen LogP contribution in [0, 0.1) is 6.92 Å². The highest BCUT2D eigenvalue weighted by Crippen LogP contribution is 2.21.